The molecule has 0 spiro atoms. The van der Waals surface area contributed by atoms with Crippen LogP contribution in [0.5, 0.6) is 0 Å². The Morgan fingerprint density at radius 3 is 2.64 bits per heavy atom. The second-order valence-corrected chi connectivity index (χ2v) is 6.70. The van der Waals surface area contributed by atoms with E-state index in [4.69, 9.17) is 4.74 Å². The molecule has 22 heavy (non-hydrogen) atoms. The zero-order valence-electron chi connectivity index (χ0n) is 14.7. The Kier molecular flexibility index (Phi) is 7.48. The van der Waals surface area contributed by atoms with E-state index < -0.39 is 5.60 Å². The lowest BCUT2D eigenvalue weighted by molar-refractivity contribution is 0.0104. The van der Waals surface area contributed by atoms with Gasteiger partial charge in [-0.3, -0.25) is 4.99 Å². The predicted molar refractivity (Wildman–Crippen MR) is 90.2 cm³/mol. The highest BCUT2D eigenvalue weighted by molar-refractivity contribution is 5.79. The summed E-state index contributed by atoms with van der Waals surface area (Å²) in [6.07, 6.45) is 4.02. The molecule has 1 aliphatic heterocycles. The molecule has 6 heteroatoms. The van der Waals surface area contributed by atoms with Crippen LogP contribution < -0.4 is 10.6 Å². The van der Waals surface area contributed by atoms with Crippen LogP contribution in [0.2, 0.25) is 0 Å². The Morgan fingerprint density at radius 2 is 2.05 bits per heavy atom. The minimum absolute atomic E-state index is 0.156. The van der Waals surface area contributed by atoms with Crippen molar-refractivity contribution in [3.05, 3.63) is 0 Å². The molecule has 1 rings (SSSR count). The van der Waals surface area contributed by atoms with E-state index in [0.717, 1.165) is 44.7 Å². The molecule has 1 fully saturated rings. The van der Waals surface area contributed by atoms with Crippen LogP contribution in [0, 0.1) is 0 Å². The minimum atomic E-state index is -0.453. The molecule has 0 saturated carbocycles. The summed E-state index contributed by atoms with van der Waals surface area (Å²) in [7, 11) is 1.76. The summed E-state index contributed by atoms with van der Waals surface area (Å²) >= 11 is 0. The average Bonchev–Trinajstić information content (AvgIpc) is 2.46. The van der Waals surface area contributed by atoms with Crippen molar-refractivity contribution in [1.82, 2.24) is 15.5 Å². The molecule has 2 N–H and O–H groups in total. The number of nitrogens with zero attached hydrogens (tertiary/aromatic N) is 2. The summed E-state index contributed by atoms with van der Waals surface area (Å²) in [6, 6.07) is 0.156. The van der Waals surface area contributed by atoms with Crippen LogP contribution in [-0.4, -0.2) is 55.3 Å². The number of likely N-dealkylation sites (tertiary alicyclic amines) is 1. The molecule has 0 aromatic heterocycles. The molecule has 0 aromatic rings. The van der Waals surface area contributed by atoms with E-state index >= 15 is 0 Å². The number of amides is 1. The van der Waals surface area contributed by atoms with Gasteiger partial charge in [-0.1, -0.05) is 6.92 Å². The highest BCUT2D eigenvalue weighted by Gasteiger charge is 2.30. The van der Waals surface area contributed by atoms with Crippen molar-refractivity contribution in [2.45, 2.75) is 65.0 Å². The van der Waals surface area contributed by atoms with Crippen LogP contribution >= 0.6 is 0 Å². The first-order valence-electron chi connectivity index (χ1n) is 8.31. The number of hydrogen-bond acceptors (Lipinski definition) is 3. The van der Waals surface area contributed by atoms with Crippen molar-refractivity contribution < 1.29 is 9.53 Å². The molecule has 1 atom stereocenters. The lowest BCUT2D eigenvalue weighted by Gasteiger charge is -2.37. The molecular weight excluding hydrogens is 280 g/mol. The van der Waals surface area contributed by atoms with Gasteiger partial charge in [0.05, 0.1) is 6.04 Å². The Bertz CT molecular complexity index is 377. The first-order valence-corrected chi connectivity index (χ1v) is 8.31. The van der Waals surface area contributed by atoms with Gasteiger partial charge in [0.1, 0.15) is 5.60 Å². The Morgan fingerprint density at radius 1 is 1.32 bits per heavy atom. The van der Waals surface area contributed by atoms with E-state index in [0.29, 0.717) is 6.54 Å². The maximum absolute atomic E-state index is 12.3. The lowest BCUT2D eigenvalue weighted by Crippen LogP contribution is -2.52. The van der Waals surface area contributed by atoms with Crippen LogP contribution in [-0.2, 0) is 4.74 Å². The summed E-state index contributed by atoms with van der Waals surface area (Å²) in [4.78, 5) is 18.4. The van der Waals surface area contributed by atoms with Crippen LogP contribution in [0.3, 0.4) is 0 Å². The van der Waals surface area contributed by atoms with E-state index in [-0.39, 0.29) is 12.1 Å². The van der Waals surface area contributed by atoms with Crippen molar-refractivity contribution in [1.29, 1.82) is 0 Å². The number of aliphatic imine (C=N–C) groups is 1. The smallest absolute Gasteiger partial charge is 0.410 e. The zero-order chi connectivity index (χ0) is 16.6. The summed E-state index contributed by atoms with van der Waals surface area (Å²) in [5.74, 6) is 0.788. The van der Waals surface area contributed by atoms with Gasteiger partial charge in [-0.05, 0) is 46.5 Å². The van der Waals surface area contributed by atoms with Crippen LogP contribution in [0.25, 0.3) is 0 Å². The molecule has 0 aliphatic carbocycles. The number of hydrogen-bond donors (Lipinski definition) is 2. The van der Waals surface area contributed by atoms with Gasteiger partial charge in [0.2, 0.25) is 0 Å². The second-order valence-electron chi connectivity index (χ2n) is 6.70. The van der Waals surface area contributed by atoms with Crippen molar-refractivity contribution in [2.24, 2.45) is 4.99 Å². The Hall–Kier alpha value is -1.46. The van der Waals surface area contributed by atoms with Gasteiger partial charge in [0, 0.05) is 26.7 Å². The summed E-state index contributed by atoms with van der Waals surface area (Å²) < 4.78 is 5.52. The van der Waals surface area contributed by atoms with Gasteiger partial charge in [0.15, 0.2) is 5.96 Å². The van der Waals surface area contributed by atoms with Crippen LogP contribution in [0.4, 0.5) is 4.79 Å². The number of rotatable bonds is 4. The van der Waals surface area contributed by atoms with Gasteiger partial charge >= 0.3 is 6.09 Å². The van der Waals surface area contributed by atoms with E-state index in [1.165, 1.54) is 0 Å². The molecule has 1 unspecified atom stereocenters. The molecule has 0 radical (unpaired) electrons. The predicted octanol–water partition coefficient (Wildman–Crippen LogP) is 2.35. The zero-order valence-corrected chi connectivity index (χ0v) is 14.7. The van der Waals surface area contributed by atoms with Gasteiger partial charge in [-0.25, -0.2) is 4.79 Å². The standard InChI is InChI=1S/C16H32N4O2/c1-6-10-18-14(17-5)19-12-13-9-7-8-11-20(13)15(21)22-16(2,3)4/h13H,6-12H2,1-5H3,(H2,17,18,19). The molecular formula is C16H32N4O2. The second kappa shape index (κ2) is 8.86. The van der Waals surface area contributed by atoms with E-state index in [1.54, 1.807) is 7.05 Å². The van der Waals surface area contributed by atoms with Crippen molar-refractivity contribution in [3.8, 4) is 0 Å². The van der Waals surface area contributed by atoms with Crippen LogP contribution in [0.15, 0.2) is 4.99 Å². The highest BCUT2D eigenvalue weighted by atomic mass is 16.6. The Labute approximate surface area is 134 Å². The van der Waals surface area contributed by atoms with Gasteiger partial charge in [0.25, 0.3) is 0 Å². The van der Waals surface area contributed by atoms with E-state index in [9.17, 15) is 4.79 Å². The van der Waals surface area contributed by atoms with Crippen LogP contribution in [0.1, 0.15) is 53.4 Å². The number of piperidine rings is 1. The summed E-state index contributed by atoms with van der Waals surface area (Å²) in [5, 5.41) is 6.56. The fraction of sp³-hybridized carbons (Fsp3) is 0.875. The third-order valence-electron chi connectivity index (χ3n) is 3.53. The fourth-order valence-electron chi connectivity index (χ4n) is 2.45. The van der Waals surface area contributed by atoms with E-state index in [1.807, 2.05) is 25.7 Å². The number of carbonyl (C=O) groups is 1. The number of ether oxygens (including phenoxy) is 1. The molecule has 0 aromatic carbocycles. The lowest BCUT2D eigenvalue weighted by atomic mass is 10.0. The van der Waals surface area contributed by atoms with Gasteiger partial charge in [-0.15, -0.1) is 0 Å². The topological polar surface area (TPSA) is 66.0 Å². The molecule has 128 valence electrons. The van der Waals surface area contributed by atoms with Crippen molar-refractivity contribution in [2.75, 3.05) is 26.7 Å². The summed E-state index contributed by atoms with van der Waals surface area (Å²) in [6.45, 7) is 10.2. The third-order valence-corrected chi connectivity index (χ3v) is 3.53. The highest BCUT2D eigenvalue weighted by Crippen LogP contribution is 2.20. The maximum Gasteiger partial charge on any atom is 0.410 e. The molecule has 6 nitrogen and oxygen atoms in total. The first-order chi connectivity index (χ1) is 10.4. The molecule has 0 bridgehead atoms. The number of carbonyl (C=O) groups excluding carboxylic acids is 1. The molecule has 1 saturated heterocycles. The molecule has 1 amide bonds. The van der Waals surface area contributed by atoms with Gasteiger partial charge < -0.3 is 20.3 Å². The average molecular weight is 312 g/mol. The normalized spacial score (nSPS) is 19.8. The fourth-order valence-corrected chi connectivity index (χ4v) is 2.45. The largest absolute Gasteiger partial charge is 0.444 e. The van der Waals surface area contributed by atoms with Crippen molar-refractivity contribution >= 4 is 12.1 Å². The number of nitrogens with one attached hydrogen (secondary N) is 2. The summed E-state index contributed by atoms with van der Waals surface area (Å²) in [5.41, 5.74) is -0.453. The Balaban J connectivity index is 2.56. The molecule has 1 heterocycles. The SMILES string of the molecule is CCCNC(=NC)NCC1CCCCN1C(=O)OC(C)(C)C. The van der Waals surface area contributed by atoms with E-state index in [2.05, 4.69) is 22.5 Å². The van der Waals surface area contributed by atoms with Gasteiger partial charge in [-0.2, -0.15) is 0 Å². The monoisotopic (exact) mass is 312 g/mol. The molecule has 1 aliphatic rings. The first kappa shape index (κ1) is 18.6. The quantitative estimate of drug-likeness (QED) is 0.618. The minimum Gasteiger partial charge on any atom is -0.444 e. The van der Waals surface area contributed by atoms with Crippen molar-refractivity contribution in [3.63, 3.8) is 0 Å². The number of guanidine groups is 1. The third kappa shape index (κ3) is 6.54. The maximum atomic E-state index is 12.3.